The van der Waals surface area contributed by atoms with Crippen LogP contribution in [0.5, 0.6) is 5.75 Å². The molecule has 0 atom stereocenters. The molecule has 0 fully saturated rings. The van der Waals surface area contributed by atoms with E-state index >= 15 is 0 Å². The fourth-order valence-electron chi connectivity index (χ4n) is 1.77. The summed E-state index contributed by atoms with van der Waals surface area (Å²) in [6.45, 7) is 3.96. The number of carbonyl (C=O) groups is 1. The fourth-order valence-corrected chi connectivity index (χ4v) is 1.77. The lowest BCUT2D eigenvalue weighted by Crippen LogP contribution is -2.23. The van der Waals surface area contributed by atoms with Gasteiger partial charge in [-0.2, -0.15) is 5.10 Å². The number of nitrogens with zero attached hydrogens (tertiary/aromatic N) is 2. The Morgan fingerprint density at radius 2 is 2.20 bits per heavy atom. The van der Waals surface area contributed by atoms with E-state index in [0.29, 0.717) is 23.6 Å². The van der Waals surface area contributed by atoms with Crippen molar-refractivity contribution in [1.82, 2.24) is 9.78 Å². The lowest BCUT2D eigenvalue weighted by molar-refractivity contribution is 0.0686. The summed E-state index contributed by atoms with van der Waals surface area (Å²) >= 11 is 0. The fraction of sp³-hybridized carbons (Fsp3) is 0.214. The first-order valence-electron chi connectivity index (χ1n) is 6.10. The minimum absolute atomic E-state index is 0.319. The Morgan fingerprint density at radius 3 is 2.85 bits per heavy atom. The summed E-state index contributed by atoms with van der Waals surface area (Å²) in [4.78, 5) is 22.7. The zero-order chi connectivity index (χ0) is 14.7. The number of aryl methyl sites for hydroxylation is 1. The average Bonchev–Trinajstić information content (AvgIpc) is 2.42. The molecule has 0 aliphatic heterocycles. The van der Waals surface area contributed by atoms with Crippen LogP contribution < -0.4 is 10.2 Å². The molecule has 1 N–H and O–H groups in total. The number of rotatable bonds is 4. The zero-order valence-electron chi connectivity index (χ0n) is 11.2. The molecule has 0 aliphatic rings. The number of benzene rings is 1. The number of carboxylic acid groups (broad SMARTS) is 1. The van der Waals surface area contributed by atoms with E-state index in [0.717, 1.165) is 0 Å². The molecule has 0 bridgehead atoms. The highest BCUT2D eigenvalue weighted by Crippen LogP contribution is 2.16. The van der Waals surface area contributed by atoms with Crippen molar-refractivity contribution in [3.63, 3.8) is 0 Å². The molecular weight excluding hydrogens is 260 g/mol. The minimum Gasteiger partial charge on any atom is -0.494 e. The molecule has 2 rings (SSSR count). The van der Waals surface area contributed by atoms with Gasteiger partial charge in [-0.25, -0.2) is 9.48 Å². The van der Waals surface area contributed by atoms with Crippen LogP contribution in [-0.2, 0) is 0 Å². The van der Waals surface area contributed by atoms with Crippen molar-refractivity contribution in [2.75, 3.05) is 6.61 Å². The van der Waals surface area contributed by atoms with Crippen LogP contribution in [0.2, 0.25) is 0 Å². The molecule has 104 valence electrons. The maximum Gasteiger partial charge on any atom is 0.360 e. The van der Waals surface area contributed by atoms with Gasteiger partial charge in [-0.1, -0.05) is 6.07 Å². The quantitative estimate of drug-likeness (QED) is 0.916. The summed E-state index contributed by atoms with van der Waals surface area (Å²) in [7, 11) is 0. The normalized spacial score (nSPS) is 10.3. The monoisotopic (exact) mass is 274 g/mol. The third kappa shape index (κ3) is 2.69. The molecule has 0 saturated carbocycles. The van der Waals surface area contributed by atoms with E-state index in [9.17, 15) is 9.59 Å². The second-order valence-corrected chi connectivity index (χ2v) is 4.17. The summed E-state index contributed by atoms with van der Waals surface area (Å²) in [5.74, 6) is -0.687. The maximum atomic E-state index is 11.7. The molecule has 1 heterocycles. The largest absolute Gasteiger partial charge is 0.494 e. The van der Waals surface area contributed by atoms with Crippen molar-refractivity contribution in [3.8, 4) is 11.4 Å². The first-order chi connectivity index (χ1) is 9.52. The van der Waals surface area contributed by atoms with Gasteiger partial charge in [0.2, 0.25) is 11.1 Å². The highest BCUT2D eigenvalue weighted by Gasteiger charge is 2.14. The number of carboxylic acids is 1. The highest BCUT2D eigenvalue weighted by atomic mass is 16.5. The number of hydrogen-bond acceptors (Lipinski definition) is 4. The van der Waals surface area contributed by atoms with Crippen LogP contribution in [0, 0.1) is 6.92 Å². The highest BCUT2D eigenvalue weighted by molar-refractivity contribution is 5.85. The van der Waals surface area contributed by atoms with E-state index in [2.05, 4.69) is 5.10 Å². The van der Waals surface area contributed by atoms with Gasteiger partial charge in [-0.15, -0.1) is 0 Å². The van der Waals surface area contributed by atoms with Crippen LogP contribution in [0.1, 0.15) is 23.0 Å². The predicted molar refractivity (Wildman–Crippen MR) is 72.7 cm³/mol. The minimum atomic E-state index is -1.34. The van der Waals surface area contributed by atoms with Crippen molar-refractivity contribution in [2.45, 2.75) is 13.8 Å². The van der Waals surface area contributed by atoms with Crippen LogP contribution in [-0.4, -0.2) is 27.5 Å². The smallest absolute Gasteiger partial charge is 0.360 e. The molecule has 0 spiro atoms. The van der Waals surface area contributed by atoms with Gasteiger partial charge in [0, 0.05) is 17.8 Å². The second kappa shape index (κ2) is 5.56. The van der Waals surface area contributed by atoms with E-state index in [4.69, 9.17) is 9.84 Å². The standard InChI is InChI=1S/C14H14N2O4/c1-3-20-11-6-4-5-10(7-11)16-8-9(2)13(17)12(15-16)14(18)19/h4-8H,3H2,1-2H3,(H,18,19). The van der Waals surface area contributed by atoms with E-state index in [1.807, 2.05) is 6.92 Å². The van der Waals surface area contributed by atoms with Crippen molar-refractivity contribution in [1.29, 1.82) is 0 Å². The molecule has 1 aromatic heterocycles. The molecule has 2 aromatic rings. The Bertz CT molecular complexity index is 707. The van der Waals surface area contributed by atoms with Gasteiger partial charge in [0.1, 0.15) is 5.75 Å². The molecule has 0 amide bonds. The Morgan fingerprint density at radius 1 is 1.45 bits per heavy atom. The third-order valence-electron chi connectivity index (χ3n) is 2.69. The second-order valence-electron chi connectivity index (χ2n) is 4.17. The van der Waals surface area contributed by atoms with Crippen LogP contribution in [0.15, 0.2) is 35.3 Å². The van der Waals surface area contributed by atoms with Gasteiger partial charge in [0.15, 0.2) is 0 Å². The molecule has 0 aliphatic carbocycles. The first-order valence-corrected chi connectivity index (χ1v) is 6.10. The Labute approximate surface area is 115 Å². The SMILES string of the molecule is CCOc1cccc(-n2cc(C)c(=O)c(C(=O)O)n2)c1. The molecule has 6 heteroatoms. The Hall–Kier alpha value is -2.63. The van der Waals surface area contributed by atoms with Crippen molar-refractivity contribution >= 4 is 5.97 Å². The summed E-state index contributed by atoms with van der Waals surface area (Å²) < 4.78 is 6.74. The molecular formula is C14H14N2O4. The molecule has 6 nitrogen and oxygen atoms in total. The summed E-state index contributed by atoms with van der Waals surface area (Å²) in [5.41, 5.74) is -0.123. The molecule has 1 aromatic carbocycles. The van der Waals surface area contributed by atoms with E-state index < -0.39 is 17.1 Å². The first kappa shape index (κ1) is 13.8. The topological polar surface area (TPSA) is 81.4 Å². The van der Waals surface area contributed by atoms with Crippen LogP contribution in [0.4, 0.5) is 0 Å². The van der Waals surface area contributed by atoms with Gasteiger partial charge < -0.3 is 9.84 Å². The predicted octanol–water partition coefficient (Wildman–Crippen LogP) is 1.64. The van der Waals surface area contributed by atoms with Crippen LogP contribution in [0.3, 0.4) is 0 Å². The summed E-state index contributed by atoms with van der Waals surface area (Å²) in [6, 6.07) is 7.05. The van der Waals surface area contributed by atoms with Crippen LogP contribution >= 0.6 is 0 Å². The van der Waals surface area contributed by atoms with Gasteiger partial charge in [-0.3, -0.25) is 4.79 Å². The lowest BCUT2D eigenvalue weighted by atomic mass is 10.2. The molecule has 20 heavy (non-hydrogen) atoms. The van der Waals surface area contributed by atoms with Gasteiger partial charge in [0.05, 0.1) is 12.3 Å². The third-order valence-corrected chi connectivity index (χ3v) is 2.69. The Balaban J connectivity index is 2.55. The average molecular weight is 274 g/mol. The van der Waals surface area contributed by atoms with Crippen molar-refractivity contribution in [3.05, 3.63) is 51.9 Å². The van der Waals surface area contributed by atoms with E-state index in [1.54, 1.807) is 31.2 Å². The van der Waals surface area contributed by atoms with Gasteiger partial charge >= 0.3 is 5.97 Å². The summed E-state index contributed by atoms with van der Waals surface area (Å²) in [6.07, 6.45) is 1.50. The van der Waals surface area contributed by atoms with E-state index in [-0.39, 0.29) is 0 Å². The van der Waals surface area contributed by atoms with Crippen molar-refractivity contribution < 1.29 is 14.6 Å². The van der Waals surface area contributed by atoms with Gasteiger partial charge in [-0.05, 0) is 26.0 Å². The van der Waals surface area contributed by atoms with Crippen molar-refractivity contribution in [2.24, 2.45) is 0 Å². The summed E-state index contributed by atoms with van der Waals surface area (Å²) in [5, 5.41) is 12.9. The molecule has 0 saturated heterocycles. The zero-order valence-corrected chi connectivity index (χ0v) is 11.2. The van der Waals surface area contributed by atoms with Crippen LogP contribution in [0.25, 0.3) is 5.69 Å². The number of ether oxygens (including phenoxy) is 1. The number of hydrogen-bond donors (Lipinski definition) is 1. The number of aromatic carboxylic acids is 1. The number of aromatic nitrogens is 2. The van der Waals surface area contributed by atoms with E-state index in [1.165, 1.54) is 10.9 Å². The Kier molecular flexibility index (Phi) is 3.84. The molecule has 0 radical (unpaired) electrons. The maximum absolute atomic E-state index is 11.7. The lowest BCUT2D eigenvalue weighted by Gasteiger charge is -2.09. The van der Waals surface area contributed by atoms with Gasteiger partial charge in [0.25, 0.3) is 0 Å². The molecule has 0 unspecified atom stereocenters.